The topological polar surface area (TPSA) is 50.7 Å². The van der Waals surface area contributed by atoms with Crippen molar-refractivity contribution in [2.75, 3.05) is 6.54 Å². The summed E-state index contributed by atoms with van der Waals surface area (Å²) in [5.74, 6) is 0.794. The normalized spacial score (nSPS) is 14.1. The average Bonchev–Trinajstić information content (AvgIpc) is 2.47. The van der Waals surface area contributed by atoms with E-state index in [9.17, 15) is 0 Å². The van der Waals surface area contributed by atoms with Gasteiger partial charge in [-0.3, -0.25) is 4.98 Å². The third kappa shape index (κ3) is 2.74. The molecule has 0 saturated carbocycles. The number of halogens is 1. The Morgan fingerprint density at radius 2 is 2.20 bits per heavy atom. The maximum atomic E-state index is 4.78. The molecule has 0 fully saturated rings. The van der Waals surface area contributed by atoms with E-state index >= 15 is 0 Å². The van der Waals surface area contributed by atoms with Crippen LogP contribution in [0.15, 0.2) is 22.9 Å². The molecule has 3 heterocycles. The van der Waals surface area contributed by atoms with Crippen LogP contribution in [0.4, 0.5) is 0 Å². The molecule has 104 valence electrons. The van der Waals surface area contributed by atoms with Gasteiger partial charge in [0.1, 0.15) is 0 Å². The Bertz CT molecular complexity index is 627. The summed E-state index contributed by atoms with van der Waals surface area (Å²) in [6, 6.07) is 2.02. The van der Waals surface area contributed by atoms with E-state index < -0.39 is 0 Å². The molecule has 1 aliphatic rings. The molecule has 1 N–H and O–H groups in total. The second-order valence-corrected chi connectivity index (χ2v) is 5.90. The first kappa shape index (κ1) is 13.6. The highest BCUT2D eigenvalue weighted by molar-refractivity contribution is 9.10. The van der Waals surface area contributed by atoms with E-state index in [4.69, 9.17) is 9.97 Å². The molecule has 0 unspecified atom stereocenters. The first-order valence-electron chi connectivity index (χ1n) is 6.98. The number of nitrogens with zero attached hydrogens (tertiary/aromatic N) is 3. The van der Waals surface area contributed by atoms with Crippen molar-refractivity contribution in [1.82, 2.24) is 20.3 Å². The number of rotatable bonds is 3. The van der Waals surface area contributed by atoms with E-state index in [-0.39, 0.29) is 0 Å². The Morgan fingerprint density at radius 1 is 1.30 bits per heavy atom. The zero-order valence-corrected chi connectivity index (χ0v) is 13.1. The van der Waals surface area contributed by atoms with Gasteiger partial charge in [0, 0.05) is 53.2 Å². The first-order valence-corrected chi connectivity index (χ1v) is 7.77. The zero-order valence-electron chi connectivity index (χ0n) is 11.5. The summed E-state index contributed by atoms with van der Waals surface area (Å²) in [7, 11) is 0. The van der Waals surface area contributed by atoms with Crippen molar-refractivity contribution in [2.45, 2.75) is 32.7 Å². The van der Waals surface area contributed by atoms with Crippen molar-refractivity contribution in [1.29, 1.82) is 0 Å². The lowest BCUT2D eigenvalue weighted by atomic mass is 10.0. The highest BCUT2D eigenvalue weighted by atomic mass is 79.9. The summed E-state index contributed by atoms with van der Waals surface area (Å²) in [5.41, 5.74) is 4.64. The Kier molecular flexibility index (Phi) is 4.08. The van der Waals surface area contributed by atoms with Gasteiger partial charge in [0.15, 0.2) is 5.82 Å². The van der Waals surface area contributed by atoms with Gasteiger partial charge in [-0.2, -0.15) is 0 Å². The van der Waals surface area contributed by atoms with E-state index in [2.05, 4.69) is 33.2 Å². The highest BCUT2D eigenvalue weighted by Crippen LogP contribution is 2.23. The number of fused-ring (bicyclic) bond motifs is 1. The number of nitrogens with one attached hydrogen (secondary N) is 1. The van der Waals surface area contributed by atoms with Crippen molar-refractivity contribution >= 4 is 15.9 Å². The molecular formula is C15H17BrN4. The summed E-state index contributed by atoms with van der Waals surface area (Å²) < 4.78 is 0.954. The van der Waals surface area contributed by atoms with Crippen LogP contribution in [0.25, 0.3) is 11.4 Å². The van der Waals surface area contributed by atoms with Crippen molar-refractivity contribution in [3.05, 3.63) is 39.9 Å². The van der Waals surface area contributed by atoms with Crippen LogP contribution >= 0.6 is 15.9 Å². The molecule has 0 saturated heterocycles. The van der Waals surface area contributed by atoms with E-state index in [1.165, 1.54) is 17.0 Å². The van der Waals surface area contributed by atoms with Gasteiger partial charge in [-0.25, -0.2) is 9.97 Å². The van der Waals surface area contributed by atoms with Gasteiger partial charge in [0.2, 0.25) is 0 Å². The third-order valence-corrected chi connectivity index (χ3v) is 3.90. The first-order chi connectivity index (χ1) is 9.78. The lowest BCUT2D eigenvalue weighted by Crippen LogP contribution is -2.26. The lowest BCUT2D eigenvalue weighted by Gasteiger charge is -2.20. The molecule has 0 spiro atoms. The monoisotopic (exact) mass is 332 g/mol. The Balaban J connectivity index is 2.10. The molecule has 0 atom stereocenters. The highest BCUT2D eigenvalue weighted by Gasteiger charge is 2.17. The standard InChI is InChI=1S/C15H17BrN4/c1-2-3-13-12-9-17-5-4-14(12)20-15(19-13)10-6-11(16)8-18-7-10/h6-8,17H,2-5,9H2,1H3. The fraction of sp³-hybridized carbons (Fsp3) is 0.400. The van der Waals surface area contributed by atoms with Crippen molar-refractivity contribution in [3.8, 4) is 11.4 Å². The largest absolute Gasteiger partial charge is 0.312 e. The number of aryl methyl sites for hydroxylation is 1. The van der Waals surface area contributed by atoms with Gasteiger partial charge in [-0.1, -0.05) is 13.3 Å². The fourth-order valence-corrected chi connectivity index (χ4v) is 2.88. The summed E-state index contributed by atoms with van der Waals surface area (Å²) in [6.45, 7) is 4.07. The molecule has 0 aromatic carbocycles. The van der Waals surface area contributed by atoms with Gasteiger partial charge in [-0.15, -0.1) is 0 Å². The number of aromatic nitrogens is 3. The maximum absolute atomic E-state index is 4.78. The number of hydrogen-bond donors (Lipinski definition) is 1. The Hall–Kier alpha value is -1.33. The molecular weight excluding hydrogens is 316 g/mol. The van der Waals surface area contributed by atoms with Gasteiger partial charge in [0.25, 0.3) is 0 Å². The lowest BCUT2D eigenvalue weighted by molar-refractivity contribution is 0.615. The minimum absolute atomic E-state index is 0.794. The van der Waals surface area contributed by atoms with Crippen LogP contribution in [0.2, 0.25) is 0 Å². The summed E-state index contributed by atoms with van der Waals surface area (Å²) in [6.07, 6.45) is 6.67. The van der Waals surface area contributed by atoms with Crippen LogP contribution in [0.3, 0.4) is 0 Å². The van der Waals surface area contributed by atoms with Gasteiger partial charge in [0.05, 0.1) is 5.69 Å². The molecule has 2 aromatic heterocycles. The molecule has 4 nitrogen and oxygen atoms in total. The number of pyridine rings is 1. The Morgan fingerprint density at radius 3 is 3.00 bits per heavy atom. The van der Waals surface area contributed by atoms with Crippen LogP contribution in [0, 0.1) is 0 Å². The van der Waals surface area contributed by atoms with Crippen LogP contribution < -0.4 is 5.32 Å². The predicted molar refractivity (Wildman–Crippen MR) is 82.4 cm³/mol. The van der Waals surface area contributed by atoms with Crippen molar-refractivity contribution in [3.63, 3.8) is 0 Å². The van der Waals surface area contributed by atoms with E-state index in [0.29, 0.717) is 0 Å². The average molecular weight is 333 g/mol. The van der Waals surface area contributed by atoms with E-state index in [1.54, 1.807) is 6.20 Å². The fourth-order valence-electron chi connectivity index (χ4n) is 2.52. The van der Waals surface area contributed by atoms with E-state index in [0.717, 1.165) is 48.2 Å². The quantitative estimate of drug-likeness (QED) is 0.938. The second-order valence-electron chi connectivity index (χ2n) is 4.99. The molecule has 0 radical (unpaired) electrons. The Labute approximate surface area is 127 Å². The maximum Gasteiger partial charge on any atom is 0.161 e. The van der Waals surface area contributed by atoms with Crippen LogP contribution in [-0.2, 0) is 19.4 Å². The van der Waals surface area contributed by atoms with Crippen LogP contribution in [0.1, 0.15) is 30.3 Å². The molecule has 0 aliphatic carbocycles. The van der Waals surface area contributed by atoms with Crippen molar-refractivity contribution in [2.24, 2.45) is 0 Å². The van der Waals surface area contributed by atoms with Crippen LogP contribution in [0.5, 0.6) is 0 Å². The minimum atomic E-state index is 0.794. The predicted octanol–water partition coefficient (Wildman–Crippen LogP) is 2.90. The summed E-state index contributed by atoms with van der Waals surface area (Å²) >= 11 is 3.46. The molecule has 2 aromatic rings. The van der Waals surface area contributed by atoms with Crippen LogP contribution in [-0.4, -0.2) is 21.5 Å². The molecule has 20 heavy (non-hydrogen) atoms. The van der Waals surface area contributed by atoms with Crippen molar-refractivity contribution < 1.29 is 0 Å². The van der Waals surface area contributed by atoms with Gasteiger partial charge in [-0.05, 0) is 28.4 Å². The molecule has 1 aliphatic heterocycles. The second kappa shape index (κ2) is 5.97. The third-order valence-electron chi connectivity index (χ3n) is 3.47. The zero-order chi connectivity index (χ0) is 13.9. The minimum Gasteiger partial charge on any atom is -0.312 e. The SMILES string of the molecule is CCCc1nc(-c2cncc(Br)c2)nc2c1CNCC2. The van der Waals surface area contributed by atoms with Gasteiger partial charge >= 0.3 is 0 Å². The number of hydrogen-bond acceptors (Lipinski definition) is 4. The smallest absolute Gasteiger partial charge is 0.161 e. The van der Waals surface area contributed by atoms with Gasteiger partial charge < -0.3 is 5.32 Å². The molecule has 0 bridgehead atoms. The molecule has 3 rings (SSSR count). The summed E-state index contributed by atoms with van der Waals surface area (Å²) in [4.78, 5) is 13.7. The molecule has 5 heteroatoms. The molecule has 0 amide bonds. The van der Waals surface area contributed by atoms with E-state index in [1.807, 2.05) is 12.3 Å². The summed E-state index contributed by atoms with van der Waals surface area (Å²) in [5, 5.41) is 3.41.